The maximum Gasteiger partial charge on any atom is 0.573 e. The van der Waals surface area contributed by atoms with Gasteiger partial charge in [0.2, 0.25) is 6.10 Å². The second-order valence-electron chi connectivity index (χ2n) is 11.0. The van der Waals surface area contributed by atoms with E-state index in [2.05, 4.69) is 14.9 Å². The van der Waals surface area contributed by atoms with E-state index in [1.807, 2.05) is 13.8 Å². The summed E-state index contributed by atoms with van der Waals surface area (Å²) in [6, 6.07) is 21.7. The minimum atomic E-state index is -4.93. The second-order valence-corrected chi connectivity index (χ2v) is 11.0. The number of aryl methyl sites for hydroxylation is 1. The van der Waals surface area contributed by atoms with Gasteiger partial charge in [-0.3, -0.25) is 14.5 Å². The lowest BCUT2D eigenvalue weighted by Crippen LogP contribution is -2.32. The quantitative estimate of drug-likeness (QED) is 0.135. The molecule has 0 radical (unpaired) electrons. The van der Waals surface area contributed by atoms with Crippen LogP contribution in [0.5, 0.6) is 5.75 Å². The van der Waals surface area contributed by atoms with E-state index in [1.165, 1.54) is 18.2 Å². The first-order valence-electron chi connectivity index (χ1n) is 14.6. The van der Waals surface area contributed by atoms with Crippen molar-refractivity contribution < 1.29 is 41.8 Å². The predicted octanol–water partition coefficient (Wildman–Crippen LogP) is 6.96. The third-order valence-electron chi connectivity index (χ3n) is 7.49. The predicted molar refractivity (Wildman–Crippen MR) is 164 cm³/mol. The Bertz CT molecular complexity index is 1790. The summed E-state index contributed by atoms with van der Waals surface area (Å²) in [7, 11) is 1.16. The van der Waals surface area contributed by atoms with Crippen molar-refractivity contribution in [2.24, 2.45) is 0 Å². The van der Waals surface area contributed by atoms with E-state index in [9.17, 15) is 27.6 Å². The summed E-state index contributed by atoms with van der Waals surface area (Å²) in [5.74, 6) is -3.00. The van der Waals surface area contributed by atoms with Crippen LogP contribution >= 0.6 is 0 Å². The van der Waals surface area contributed by atoms with Gasteiger partial charge in [0, 0.05) is 11.1 Å². The normalized spacial score (nSPS) is 15.5. The number of methoxy groups -OCH3 is 1. The summed E-state index contributed by atoms with van der Waals surface area (Å²) in [5.41, 5.74) is 2.16. The summed E-state index contributed by atoms with van der Waals surface area (Å²) in [6.07, 6.45) is -6.38. The van der Waals surface area contributed by atoms with Crippen molar-refractivity contribution in [2.45, 2.75) is 45.2 Å². The minimum absolute atomic E-state index is 0.0367. The van der Waals surface area contributed by atoms with E-state index in [-0.39, 0.29) is 28.4 Å². The van der Waals surface area contributed by atoms with Gasteiger partial charge < -0.3 is 14.2 Å². The lowest BCUT2D eigenvalue weighted by molar-refractivity contribution is -0.274. The number of anilines is 1. The van der Waals surface area contributed by atoms with Crippen LogP contribution < -0.4 is 9.64 Å². The van der Waals surface area contributed by atoms with Crippen molar-refractivity contribution in [3.63, 3.8) is 0 Å². The number of Topliss-reactive ketones (excluding diaryl/α,β-unsaturated/α-hetero) is 1. The van der Waals surface area contributed by atoms with Crippen LogP contribution in [0.15, 0.2) is 102 Å². The molecule has 0 spiro atoms. The second kappa shape index (κ2) is 13.5. The van der Waals surface area contributed by atoms with Crippen molar-refractivity contribution in [1.82, 2.24) is 10.2 Å². The molecule has 47 heavy (non-hydrogen) atoms. The molecule has 3 aromatic carbocycles. The summed E-state index contributed by atoms with van der Waals surface area (Å²) >= 11 is 0. The third-order valence-corrected chi connectivity index (χ3v) is 7.49. The first-order valence-corrected chi connectivity index (χ1v) is 14.6. The highest BCUT2D eigenvalue weighted by atomic mass is 19.4. The van der Waals surface area contributed by atoms with Crippen LogP contribution in [0.3, 0.4) is 0 Å². The summed E-state index contributed by atoms with van der Waals surface area (Å²) < 4.78 is 54.1. The van der Waals surface area contributed by atoms with E-state index in [0.29, 0.717) is 11.3 Å². The van der Waals surface area contributed by atoms with Crippen LogP contribution in [0.25, 0.3) is 0 Å². The molecule has 0 fully saturated rings. The van der Waals surface area contributed by atoms with E-state index in [0.717, 1.165) is 29.7 Å². The summed E-state index contributed by atoms with van der Waals surface area (Å²) in [5, 5.41) is 8.23. The standard InChI is InChI=1S/C35H30F3N3O6/c1-20(2)22-11-13-24(14-12-22)30(42)28-29(23-15-17-26(18-16-23)47-35(36,37)38)41(27-19-10-21(3)39-40-27)33(43)32(28)46-31(34(44)45-4)25-8-6-5-7-9-25/h5-20,29,31H,1-4H3/t29-,31?/m0/s1. The maximum atomic E-state index is 14.5. The molecule has 5 rings (SSSR count). The van der Waals surface area contributed by atoms with Crippen molar-refractivity contribution >= 4 is 23.5 Å². The molecular formula is C35H30F3N3O6. The molecule has 4 aromatic rings. The molecular weight excluding hydrogens is 615 g/mol. The average Bonchev–Trinajstić information content (AvgIpc) is 3.34. The molecule has 1 aliphatic heterocycles. The zero-order valence-electron chi connectivity index (χ0n) is 25.8. The molecule has 12 heteroatoms. The van der Waals surface area contributed by atoms with Crippen LogP contribution in [0.2, 0.25) is 0 Å². The topological polar surface area (TPSA) is 108 Å². The van der Waals surface area contributed by atoms with Crippen LogP contribution in [0, 0.1) is 6.92 Å². The van der Waals surface area contributed by atoms with Crippen molar-refractivity contribution in [3.05, 3.63) is 130 Å². The van der Waals surface area contributed by atoms with Gasteiger partial charge in [0.1, 0.15) is 5.75 Å². The molecule has 2 heterocycles. The Hall–Kier alpha value is -5.52. The van der Waals surface area contributed by atoms with E-state index in [1.54, 1.807) is 67.6 Å². The number of halogens is 3. The molecule has 0 bridgehead atoms. The number of alkyl halides is 3. The fraction of sp³-hybridized carbons (Fsp3) is 0.229. The molecule has 0 saturated carbocycles. The number of rotatable bonds is 10. The smallest absolute Gasteiger partial charge is 0.468 e. The Kier molecular flexibility index (Phi) is 9.41. The van der Waals surface area contributed by atoms with Crippen LogP contribution in [0.1, 0.15) is 64.7 Å². The number of benzene rings is 3. The molecule has 0 aliphatic carbocycles. The summed E-state index contributed by atoms with van der Waals surface area (Å²) in [4.78, 5) is 43.1. The van der Waals surface area contributed by atoms with Crippen molar-refractivity contribution in [2.75, 3.05) is 12.0 Å². The number of aromatic nitrogens is 2. The molecule has 0 N–H and O–H groups in total. The van der Waals surface area contributed by atoms with Crippen molar-refractivity contribution in [3.8, 4) is 5.75 Å². The number of hydrogen-bond acceptors (Lipinski definition) is 8. The lowest BCUT2D eigenvalue weighted by Gasteiger charge is -2.26. The van der Waals surface area contributed by atoms with Gasteiger partial charge in [-0.15, -0.1) is 18.3 Å². The highest BCUT2D eigenvalue weighted by Crippen LogP contribution is 2.44. The Balaban J connectivity index is 1.72. The Morgan fingerprint density at radius 3 is 2.06 bits per heavy atom. The minimum Gasteiger partial charge on any atom is -0.468 e. The monoisotopic (exact) mass is 645 g/mol. The fourth-order valence-electron chi connectivity index (χ4n) is 5.14. The number of esters is 1. The molecule has 1 aliphatic rings. The average molecular weight is 646 g/mol. The van der Waals surface area contributed by atoms with Crippen molar-refractivity contribution in [1.29, 1.82) is 0 Å². The number of ether oxygens (including phenoxy) is 3. The highest BCUT2D eigenvalue weighted by molar-refractivity contribution is 6.21. The Morgan fingerprint density at radius 1 is 0.851 bits per heavy atom. The van der Waals surface area contributed by atoms with E-state index >= 15 is 0 Å². The first kappa shape index (κ1) is 32.9. The number of nitrogens with zero attached hydrogens (tertiary/aromatic N) is 3. The van der Waals surface area contributed by atoms with Gasteiger partial charge in [-0.25, -0.2) is 4.79 Å². The van der Waals surface area contributed by atoms with Crippen LogP contribution in [-0.2, 0) is 19.1 Å². The number of carbonyl (C=O) groups is 3. The number of ketones is 1. The number of carbonyl (C=O) groups excluding carboxylic acids is 3. The van der Waals surface area contributed by atoms with E-state index < -0.39 is 47.7 Å². The lowest BCUT2D eigenvalue weighted by atomic mass is 9.91. The molecule has 1 unspecified atom stereocenters. The summed E-state index contributed by atoms with van der Waals surface area (Å²) in [6.45, 7) is 5.70. The Labute approximate surface area is 268 Å². The SMILES string of the molecule is COC(=O)C(OC1=C(C(=O)c2ccc(C(C)C)cc2)[C@H](c2ccc(OC(F)(F)F)cc2)N(c2ccc(C)nn2)C1=O)c1ccccc1. The largest absolute Gasteiger partial charge is 0.573 e. The molecule has 1 aromatic heterocycles. The molecule has 2 atom stereocenters. The third kappa shape index (κ3) is 7.16. The van der Waals surface area contributed by atoms with Gasteiger partial charge in [-0.05, 0) is 48.2 Å². The maximum absolute atomic E-state index is 14.5. The van der Waals surface area contributed by atoms with Gasteiger partial charge >= 0.3 is 12.3 Å². The van der Waals surface area contributed by atoms with E-state index in [4.69, 9.17) is 9.47 Å². The molecule has 242 valence electrons. The number of amides is 1. The zero-order valence-corrected chi connectivity index (χ0v) is 25.8. The van der Waals surface area contributed by atoms with Gasteiger partial charge in [-0.1, -0.05) is 80.6 Å². The molecule has 9 nitrogen and oxygen atoms in total. The first-order chi connectivity index (χ1) is 22.4. The fourth-order valence-corrected chi connectivity index (χ4v) is 5.14. The molecule has 1 amide bonds. The van der Waals surface area contributed by atoms with Crippen LogP contribution in [-0.4, -0.2) is 41.3 Å². The highest BCUT2D eigenvalue weighted by Gasteiger charge is 2.48. The van der Waals surface area contributed by atoms with Crippen LogP contribution in [0.4, 0.5) is 19.0 Å². The zero-order chi connectivity index (χ0) is 33.9. The van der Waals surface area contributed by atoms with Gasteiger partial charge in [-0.2, -0.15) is 5.10 Å². The number of hydrogen-bond donors (Lipinski definition) is 0. The van der Waals surface area contributed by atoms with Gasteiger partial charge in [0.25, 0.3) is 5.91 Å². The molecule has 0 saturated heterocycles. The van der Waals surface area contributed by atoms with Gasteiger partial charge in [0.15, 0.2) is 17.4 Å². The van der Waals surface area contributed by atoms with Gasteiger partial charge in [0.05, 0.1) is 24.4 Å². The Morgan fingerprint density at radius 2 is 1.51 bits per heavy atom.